The van der Waals surface area contributed by atoms with Crippen LogP contribution in [0.5, 0.6) is 0 Å². The highest BCUT2D eigenvalue weighted by atomic mass is 35.5. The van der Waals surface area contributed by atoms with Crippen molar-refractivity contribution in [1.82, 2.24) is 4.90 Å². The standard InChI is InChI=1S/C8H15Cl2N/c1-7-4-3-5-11(2)8(7,10)6-9/h7H,3-6H2,1-2H3. The third-order valence-electron chi connectivity index (χ3n) is 2.71. The molecular weight excluding hydrogens is 181 g/mol. The van der Waals surface area contributed by atoms with E-state index in [9.17, 15) is 0 Å². The fourth-order valence-electron chi connectivity index (χ4n) is 1.65. The fourth-order valence-corrected chi connectivity index (χ4v) is 2.31. The van der Waals surface area contributed by atoms with Crippen LogP contribution in [0.4, 0.5) is 0 Å². The average molecular weight is 196 g/mol. The zero-order chi connectivity index (χ0) is 8.48. The van der Waals surface area contributed by atoms with Crippen LogP contribution in [0.3, 0.4) is 0 Å². The Morgan fingerprint density at radius 2 is 2.27 bits per heavy atom. The van der Waals surface area contributed by atoms with Gasteiger partial charge in [0.2, 0.25) is 0 Å². The Morgan fingerprint density at radius 1 is 1.64 bits per heavy atom. The molecular formula is C8H15Cl2N. The van der Waals surface area contributed by atoms with Crippen molar-refractivity contribution in [2.45, 2.75) is 24.8 Å². The first kappa shape index (κ1) is 9.63. The van der Waals surface area contributed by atoms with E-state index in [1.54, 1.807) is 0 Å². The Hall–Kier alpha value is 0.540. The summed E-state index contributed by atoms with van der Waals surface area (Å²) in [5, 5.41) is 0. The molecule has 3 heteroatoms. The van der Waals surface area contributed by atoms with Crippen molar-refractivity contribution in [2.24, 2.45) is 5.92 Å². The summed E-state index contributed by atoms with van der Waals surface area (Å²) < 4.78 is 0. The summed E-state index contributed by atoms with van der Waals surface area (Å²) in [6.45, 7) is 3.24. The van der Waals surface area contributed by atoms with Gasteiger partial charge in [0.05, 0.1) is 5.88 Å². The lowest BCUT2D eigenvalue weighted by Gasteiger charge is -2.43. The Bertz CT molecular complexity index is 128. The van der Waals surface area contributed by atoms with Crippen LogP contribution >= 0.6 is 23.2 Å². The quantitative estimate of drug-likeness (QED) is 0.460. The maximum atomic E-state index is 6.35. The van der Waals surface area contributed by atoms with Gasteiger partial charge in [0.15, 0.2) is 0 Å². The number of halogens is 2. The molecule has 1 aliphatic rings. The van der Waals surface area contributed by atoms with Crippen LogP contribution in [-0.4, -0.2) is 29.4 Å². The summed E-state index contributed by atoms with van der Waals surface area (Å²) in [5.41, 5.74) is 0. The van der Waals surface area contributed by atoms with Crippen LogP contribution in [0.2, 0.25) is 0 Å². The molecule has 2 unspecified atom stereocenters. The van der Waals surface area contributed by atoms with E-state index in [1.807, 2.05) is 7.05 Å². The summed E-state index contributed by atoms with van der Waals surface area (Å²) in [7, 11) is 2.05. The van der Waals surface area contributed by atoms with Crippen LogP contribution in [-0.2, 0) is 0 Å². The zero-order valence-electron chi connectivity index (χ0n) is 7.11. The van der Waals surface area contributed by atoms with Gasteiger partial charge in [-0.05, 0) is 32.4 Å². The van der Waals surface area contributed by atoms with Gasteiger partial charge in [-0.25, -0.2) is 0 Å². The van der Waals surface area contributed by atoms with E-state index in [0.29, 0.717) is 11.8 Å². The third-order valence-corrected chi connectivity index (χ3v) is 4.05. The maximum Gasteiger partial charge on any atom is 0.112 e. The number of hydrogen-bond donors (Lipinski definition) is 0. The van der Waals surface area contributed by atoms with Gasteiger partial charge >= 0.3 is 0 Å². The molecule has 0 aromatic heterocycles. The maximum absolute atomic E-state index is 6.35. The van der Waals surface area contributed by atoms with Crippen molar-refractivity contribution in [3.05, 3.63) is 0 Å². The Kier molecular flexibility index (Phi) is 3.07. The van der Waals surface area contributed by atoms with Crippen molar-refractivity contribution in [2.75, 3.05) is 19.5 Å². The number of nitrogens with zero attached hydrogens (tertiary/aromatic N) is 1. The van der Waals surface area contributed by atoms with Crippen molar-refractivity contribution in [1.29, 1.82) is 0 Å². The van der Waals surface area contributed by atoms with Crippen LogP contribution in [0.25, 0.3) is 0 Å². The molecule has 1 rings (SSSR count). The van der Waals surface area contributed by atoms with E-state index in [-0.39, 0.29) is 5.00 Å². The lowest BCUT2D eigenvalue weighted by molar-refractivity contribution is 0.112. The van der Waals surface area contributed by atoms with Gasteiger partial charge in [-0.2, -0.15) is 0 Å². The number of likely N-dealkylation sites (tertiary alicyclic amines) is 1. The van der Waals surface area contributed by atoms with Crippen LogP contribution in [0.1, 0.15) is 19.8 Å². The number of hydrogen-bond acceptors (Lipinski definition) is 1. The molecule has 0 aromatic carbocycles. The van der Waals surface area contributed by atoms with Crippen molar-refractivity contribution in [3.8, 4) is 0 Å². The molecule has 0 saturated carbocycles. The van der Waals surface area contributed by atoms with Gasteiger partial charge in [0.25, 0.3) is 0 Å². The zero-order valence-corrected chi connectivity index (χ0v) is 8.62. The minimum Gasteiger partial charge on any atom is -0.287 e. The van der Waals surface area contributed by atoms with Gasteiger partial charge in [-0.15, -0.1) is 23.2 Å². The summed E-state index contributed by atoms with van der Waals surface area (Å²) in [4.78, 5) is 1.87. The van der Waals surface area contributed by atoms with Crippen molar-refractivity contribution < 1.29 is 0 Å². The predicted octanol–water partition coefficient (Wildman–Crippen LogP) is 2.52. The van der Waals surface area contributed by atoms with Gasteiger partial charge in [-0.3, -0.25) is 4.90 Å². The fraction of sp³-hybridized carbons (Fsp3) is 1.00. The van der Waals surface area contributed by atoms with Crippen molar-refractivity contribution >= 4 is 23.2 Å². The molecule has 1 saturated heterocycles. The van der Waals surface area contributed by atoms with Crippen LogP contribution in [0, 0.1) is 5.92 Å². The highest BCUT2D eigenvalue weighted by molar-refractivity contribution is 6.30. The molecule has 1 aliphatic heterocycles. The van der Waals surface area contributed by atoms with E-state index in [4.69, 9.17) is 23.2 Å². The minimum atomic E-state index is -0.292. The highest BCUT2D eigenvalue weighted by Crippen LogP contribution is 2.36. The highest BCUT2D eigenvalue weighted by Gasteiger charge is 2.39. The molecule has 2 atom stereocenters. The minimum absolute atomic E-state index is 0.292. The Balaban J connectivity index is 2.69. The first-order valence-corrected chi connectivity index (χ1v) is 4.98. The molecule has 1 fully saturated rings. The van der Waals surface area contributed by atoms with Crippen LogP contribution in [0.15, 0.2) is 0 Å². The average Bonchev–Trinajstić information content (AvgIpc) is 2.00. The SMILES string of the molecule is CC1CCCN(C)C1(Cl)CCl. The smallest absolute Gasteiger partial charge is 0.112 e. The van der Waals surface area contributed by atoms with E-state index in [2.05, 4.69) is 11.8 Å². The second kappa shape index (κ2) is 3.51. The molecule has 1 nitrogen and oxygen atoms in total. The number of rotatable bonds is 1. The van der Waals surface area contributed by atoms with Gasteiger partial charge in [0, 0.05) is 0 Å². The van der Waals surface area contributed by atoms with E-state index in [0.717, 1.165) is 6.54 Å². The van der Waals surface area contributed by atoms with E-state index in [1.165, 1.54) is 12.8 Å². The van der Waals surface area contributed by atoms with E-state index < -0.39 is 0 Å². The second-order valence-corrected chi connectivity index (χ2v) is 4.34. The summed E-state index contributed by atoms with van der Waals surface area (Å²) in [6.07, 6.45) is 2.43. The number of piperidine rings is 1. The molecule has 11 heavy (non-hydrogen) atoms. The summed E-state index contributed by atoms with van der Waals surface area (Å²) in [5.74, 6) is 1.02. The lowest BCUT2D eigenvalue weighted by Crippen LogP contribution is -2.51. The molecule has 0 aromatic rings. The lowest BCUT2D eigenvalue weighted by atomic mass is 9.92. The van der Waals surface area contributed by atoms with Gasteiger partial charge in [-0.1, -0.05) is 6.92 Å². The topological polar surface area (TPSA) is 3.24 Å². The molecule has 1 heterocycles. The van der Waals surface area contributed by atoms with E-state index >= 15 is 0 Å². The first-order valence-electron chi connectivity index (χ1n) is 4.07. The molecule has 0 bridgehead atoms. The molecule has 0 radical (unpaired) electrons. The molecule has 0 spiro atoms. The second-order valence-electron chi connectivity index (χ2n) is 3.42. The summed E-state index contributed by atoms with van der Waals surface area (Å²) >= 11 is 12.2. The molecule has 0 N–H and O–H groups in total. The monoisotopic (exact) mass is 195 g/mol. The summed E-state index contributed by atoms with van der Waals surface area (Å²) in [6, 6.07) is 0. The Morgan fingerprint density at radius 3 is 2.64 bits per heavy atom. The van der Waals surface area contributed by atoms with Crippen LogP contribution < -0.4 is 0 Å². The van der Waals surface area contributed by atoms with Gasteiger partial charge < -0.3 is 0 Å². The third kappa shape index (κ3) is 1.66. The largest absolute Gasteiger partial charge is 0.287 e. The first-order chi connectivity index (χ1) is 5.11. The molecule has 0 amide bonds. The molecule has 0 aliphatic carbocycles. The normalized spacial score (nSPS) is 40.9. The predicted molar refractivity (Wildman–Crippen MR) is 50.3 cm³/mol. The Labute approximate surface area is 78.7 Å². The van der Waals surface area contributed by atoms with Gasteiger partial charge in [0.1, 0.15) is 5.00 Å². The number of alkyl halides is 2. The molecule has 66 valence electrons. The van der Waals surface area contributed by atoms with Crippen molar-refractivity contribution in [3.63, 3.8) is 0 Å².